The van der Waals surface area contributed by atoms with Gasteiger partial charge in [0.25, 0.3) is 0 Å². The van der Waals surface area contributed by atoms with E-state index in [4.69, 9.17) is 0 Å². The van der Waals surface area contributed by atoms with Crippen LogP contribution in [0.25, 0.3) is 10.9 Å². The third-order valence-electron chi connectivity index (χ3n) is 8.41. The number of carbonyl (C=O) groups excluding carboxylic acids is 1. The number of halogens is 1. The molecule has 2 aliphatic rings. The zero-order valence-corrected chi connectivity index (χ0v) is 23.5. The first-order valence-electron chi connectivity index (χ1n) is 13.9. The highest BCUT2D eigenvalue weighted by Crippen LogP contribution is 2.38. The van der Waals surface area contributed by atoms with E-state index in [0.717, 1.165) is 5.39 Å². The molecule has 2 atom stereocenters. The van der Waals surface area contributed by atoms with Crippen molar-refractivity contribution in [2.45, 2.75) is 19.0 Å². The second kappa shape index (κ2) is 12.3. The predicted octanol–water partition coefficient (Wildman–Crippen LogP) is 0.580. The molecule has 0 amide bonds. The summed E-state index contributed by atoms with van der Waals surface area (Å²) in [5, 5.41) is 49.8. The second-order valence-electron chi connectivity index (χ2n) is 10.9. The van der Waals surface area contributed by atoms with E-state index in [1.807, 2.05) is 9.80 Å². The molecule has 1 aromatic heterocycles. The van der Waals surface area contributed by atoms with E-state index in [0.29, 0.717) is 60.8 Å². The van der Waals surface area contributed by atoms with Crippen LogP contribution in [0.1, 0.15) is 11.1 Å². The number of nitrogens with one attached hydrogen (secondary N) is 1. The van der Waals surface area contributed by atoms with Gasteiger partial charge in [0.2, 0.25) is 0 Å². The van der Waals surface area contributed by atoms with Gasteiger partial charge in [-0.2, -0.15) is 5.10 Å². The summed E-state index contributed by atoms with van der Waals surface area (Å²) in [4.78, 5) is 52.6. The number of fused-ring (bicyclic) bond motifs is 2. The van der Waals surface area contributed by atoms with Crippen LogP contribution >= 0.6 is 0 Å². The van der Waals surface area contributed by atoms with Crippen molar-refractivity contribution >= 4 is 40.6 Å². The SMILES string of the molecule is O=C(O)/C=C(\C(=O)O)[C@@H]1Cc2ccccc2C[N+]1(CCN1CCN(c2n[nH]c3cc(F)ccc23)CC1)/C(=C/C(=O)O)C(=O)[O-]. The molecule has 1 saturated heterocycles. The molecule has 14 heteroatoms. The molecule has 3 aromatic rings. The molecule has 1 fully saturated rings. The smallest absolute Gasteiger partial charge is 0.337 e. The van der Waals surface area contributed by atoms with Crippen molar-refractivity contribution in [1.82, 2.24) is 15.1 Å². The zero-order valence-electron chi connectivity index (χ0n) is 23.5. The number of carbonyl (C=O) groups is 4. The molecule has 44 heavy (non-hydrogen) atoms. The first kappa shape index (κ1) is 30.4. The number of carboxylic acids is 4. The van der Waals surface area contributed by atoms with Gasteiger partial charge < -0.3 is 30.1 Å². The van der Waals surface area contributed by atoms with E-state index < -0.39 is 45.7 Å². The topological polar surface area (TPSA) is 187 Å². The molecule has 0 bridgehead atoms. The summed E-state index contributed by atoms with van der Waals surface area (Å²) in [6, 6.07) is 10.1. The van der Waals surface area contributed by atoms with E-state index in [1.54, 1.807) is 30.3 Å². The maximum atomic E-state index is 13.6. The number of benzene rings is 2. The summed E-state index contributed by atoms with van der Waals surface area (Å²) >= 11 is 0. The fraction of sp³-hybridized carbons (Fsp3) is 0.300. The first-order chi connectivity index (χ1) is 21.0. The number of nitrogens with zero attached hydrogens (tertiary/aromatic N) is 4. The summed E-state index contributed by atoms with van der Waals surface area (Å²) < 4.78 is 13.0. The Morgan fingerprint density at radius 3 is 2.32 bits per heavy atom. The molecule has 0 spiro atoms. The van der Waals surface area contributed by atoms with Gasteiger partial charge >= 0.3 is 17.9 Å². The third kappa shape index (κ3) is 6.02. The minimum atomic E-state index is -1.79. The Hall–Kier alpha value is -5.08. The van der Waals surface area contributed by atoms with Crippen LogP contribution in [0.5, 0.6) is 0 Å². The lowest BCUT2D eigenvalue weighted by molar-refractivity contribution is -0.922. The van der Waals surface area contributed by atoms with Crippen molar-refractivity contribution in [1.29, 1.82) is 0 Å². The van der Waals surface area contributed by atoms with Crippen molar-refractivity contribution in [2.24, 2.45) is 0 Å². The van der Waals surface area contributed by atoms with Crippen LogP contribution < -0.4 is 10.0 Å². The van der Waals surface area contributed by atoms with Gasteiger partial charge in [0.1, 0.15) is 29.9 Å². The number of hydrogen-bond donors (Lipinski definition) is 4. The Labute approximate surface area is 250 Å². The van der Waals surface area contributed by atoms with Gasteiger partial charge in [-0.05, 0) is 23.8 Å². The summed E-state index contributed by atoms with van der Waals surface area (Å²) in [6.07, 6.45) is 1.02. The number of aromatic amines is 1. The summed E-state index contributed by atoms with van der Waals surface area (Å²) in [5.74, 6) is -6.13. The molecule has 4 N–H and O–H groups in total. The number of quaternary nitrogens is 1. The number of anilines is 1. The molecule has 3 heterocycles. The highest BCUT2D eigenvalue weighted by Gasteiger charge is 2.49. The molecule has 2 aliphatic heterocycles. The van der Waals surface area contributed by atoms with Gasteiger partial charge in [0.05, 0.1) is 18.1 Å². The van der Waals surface area contributed by atoms with E-state index in [2.05, 4.69) is 10.2 Å². The van der Waals surface area contributed by atoms with E-state index in [1.165, 1.54) is 12.1 Å². The van der Waals surface area contributed by atoms with Crippen molar-refractivity contribution in [3.63, 3.8) is 0 Å². The number of hydrogen-bond acceptors (Lipinski definition) is 8. The molecule has 0 aliphatic carbocycles. The fourth-order valence-electron chi connectivity index (χ4n) is 6.33. The van der Waals surface area contributed by atoms with E-state index in [9.17, 15) is 44.0 Å². The van der Waals surface area contributed by atoms with Gasteiger partial charge in [-0.3, -0.25) is 14.5 Å². The molecule has 1 unspecified atom stereocenters. The first-order valence-corrected chi connectivity index (χ1v) is 13.9. The van der Waals surface area contributed by atoms with Crippen LogP contribution in [-0.4, -0.2) is 104 Å². The third-order valence-corrected chi connectivity index (χ3v) is 8.41. The normalized spacial score (nSPS) is 21.2. The maximum Gasteiger partial charge on any atom is 0.337 e. The van der Waals surface area contributed by atoms with Crippen LogP contribution in [0.3, 0.4) is 0 Å². The Morgan fingerprint density at radius 1 is 1.00 bits per heavy atom. The number of carboxylic acid groups (broad SMARTS) is 4. The zero-order chi connectivity index (χ0) is 31.6. The molecule has 5 rings (SSSR count). The van der Waals surface area contributed by atoms with Crippen molar-refractivity contribution in [3.8, 4) is 0 Å². The summed E-state index contributed by atoms with van der Waals surface area (Å²) in [5.41, 5.74) is 0.762. The molecule has 0 saturated carbocycles. The van der Waals surface area contributed by atoms with Gasteiger partial charge in [-0.25, -0.2) is 18.8 Å². The van der Waals surface area contributed by atoms with E-state index >= 15 is 0 Å². The lowest BCUT2D eigenvalue weighted by atomic mass is 9.85. The lowest BCUT2D eigenvalue weighted by Gasteiger charge is -2.50. The minimum absolute atomic E-state index is 0.0353. The van der Waals surface area contributed by atoms with Gasteiger partial charge in [0, 0.05) is 56.2 Å². The number of H-pyrrole nitrogens is 1. The maximum absolute atomic E-state index is 13.6. The molecule has 13 nitrogen and oxygen atoms in total. The van der Waals surface area contributed by atoms with Crippen molar-refractivity contribution < 1.29 is 48.5 Å². The minimum Gasteiger partial charge on any atom is -0.540 e. The number of aromatic nitrogens is 2. The van der Waals surface area contributed by atoms with Crippen LogP contribution in [0.2, 0.25) is 0 Å². The molecule has 2 aromatic carbocycles. The highest BCUT2D eigenvalue weighted by molar-refractivity contribution is 5.96. The number of rotatable bonds is 10. The van der Waals surface area contributed by atoms with Crippen LogP contribution in [0.15, 0.2) is 65.9 Å². The Bertz CT molecular complexity index is 1690. The lowest BCUT2D eigenvalue weighted by Crippen LogP contribution is -2.64. The van der Waals surface area contributed by atoms with Gasteiger partial charge in [-0.1, -0.05) is 24.3 Å². The number of piperazine rings is 1. The molecular weight excluding hydrogens is 577 g/mol. The predicted molar refractivity (Wildman–Crippen MR) is 152 cm³/mol. The van der Waals surface area contributed by atoms with Crippen LogP contribution in [-0.2, 0) is 32.1 Å². The fourth-order valence-corrected chi connectivity index (χ4v) is 6.33. The standard InChI is InChI=1S/C30H30FN5O8/c31-20-5-6-21-23(14-20)32-33-28(21)35-9-7-34(8-10-35)11-12-36(25(30(43)44)16-27(39)40)17-19-4-2-1-3-18(19)13-24(36)22(29(41)42)15-26(37)38/h1-6,14-16,24H,7-13,17H2,(H4-,32,33,37,38,39,40,41,42,43,44)/b22-15-,25-16+/t24-,36?/m0/s1. The average molecular weight is 608 g/mol. The average Bonchev–Trinajstić information content (AvgIpc) is 3.40. The summed E-state index contributed by atoms with van der Waals surface area (Å²) in [7, 11) is 0. The largest absolute Gasteiger partial charge is 0.540 e. The van der Waals surface area contributed by atoms with Gasteiger partial charge in [0.15, 0.2) is 11.5 Å². The summed E-state index contributed by atoms with van der Waals surface area (Å²) in [6.45, 7) is 2.19. The van der Waals surface area contributed by atoms with Crippen LogP contribution in [0.4, 0.5) is 10.2 Å². The quantitative estimate of drug-likeness (QED) is 0.187. The van der Waals surface area contributed by atoms with Crippen molar-refractivity contribution in [2.75, 3.05) is 44.2 Å². The Kier molecular flexibility index (Phi) is 8.47. The van der Waals surface area contributed by atoms with Crippen LogP contribution in [0, 0.1) is 5.82 Å². The Balaban J connectivity index is 1.48. The molecular formula is C30H30FN5O8. The monoisotopic (exact) mass is 607 g/mol. The second-order valence-corrected chi connectivity index (χ2v) is 10.9. The van der Waals surface area contributed by atoms with Crippen molar-refractivity contribution in [3.05, 3.63) is 82.8 Å². The van der Waals surface area contributed by atoms with E-state index in [-0.39, 0.29) is 31.9 Å². The highest BCUT2D eigenvalue weighted by atomic mass is 19.1. The Morgan fingerprint density at radius 2 is 1.68 bits per heavy atom. The molecule has 0 radical (unpaired) electrons. The molecule has 230 valence electrons. The van der Waals surface area contributed by atoms with Gasteiger partial charge in [-0.15, -0.1) is 0 Å². The number of aliphatic carboxylic acids is 4.